The first-order valence-electron chi connectivity index (χ1n) is 4.10. The minimum absolute atomic E-state index is 0.151. The molecule has 69 valence electrons. The van der Waals surface area contributed by atoms with Crippen molar-refractivity contribution in [3.63, 3.8) is 0 Å². The molecule has 2 N–H and O–H groups in total. The molecule has 4 nitrogen and oxygen atoms in total. The number of nitrogens with zero attached hydrogens (tertiary/aromatic N) is 2. The summed E-state index contributed by atoms with van der Waals surface area (Å²) in [4.78, 5) is 10.7. The summed E-state index contributed by atoms with van der Waals surface area (Å²) in [5, 5.41) is 7.56. The Hall–Kier alpha value is -1.45. The Morgan fingerprint density at radius 1 is 1.77 bits per heavy atom. The van der Waals surface area contributed by atoms with Gasteiger partial charge in [0.2, 0.25) is 5.91 Å². The van der Waals surface area contributed by atoms with Gasteiger partial charge in [-0.05, 0) is 18.6 Å². The van der Waals surface area contributed by atoms with Gasteiger partial charge in [0.25, 0.3) is 0 Å². The van der Waals surface area contributed by atoms with E-state index in [1.54, 1.807) is 19.2 Å². The molecule has 4 heteroatoms. The van der Waals surface area contributed by atoms with Crippen molar-refractivity contribution in [2.75, 3.05) is 0 Å². The summed E-state index contributed by atoms with van der Waals surface area (Å²) in [6.45, 7) is 1.79. The van der Waals surface area contributed by atoms with Gasteiger partial charge in [-0.2, -0.15) is 10.2 Å². The number of aromatic nitrogens is 2. The summed E-state index contributed by atoms with van der Waals surface area (Å²) in [7, 11) is 0. The third-order valence-corrected chi connectivity index (χ3v) is 1.76. The topological polar surface area (TPSA) is 68.9 Å². The lowest BCUT2D eigenvalue weighted by atomic mass is 10.0. The fourth-order valence-corrected chi connectivity index (χ4v) is 0.836. The van der Waals surface area contributed by atoms with E-state index in [4.69, 9.17) is 5.73 Å². The number of hydrogen-bond acceptors (Lipinski definition) is 3. The molecular weight excluding hydrogens is 166 g/mol. The van der Waals surface area contributed by atoms with Gasteiger partial charge in [-0.1, -0.05) is 6.92 Å². The van der Waals surface area contributed by atoms with Gasteiger partial charge < -0.3 is 5.73 Å². The molecule has 0 aromatic carbocycles. The summed E-state index contributed by atoms with van der Waals surface area (Å²) < 4.78 is 0. The van der Waals surface area contributed by atoms with Gasteiger partial charge in [-0.3, -0.25) is 4.79 Å². The van der Waals surface area contributed by atoms with Crippen LogP contribution in [0.2, 0.25) is 0 Å². The Balaban J connectivity index is 2.39. The van der Waals surface area contributed by atoms with Crippen molar-refractivity contribution in [1.29, 1.82) is 0 Å². The Morgan fingerprint density at radius 3 is 3.08 bits per heavy atom. The molecule has 0 bridgehead atoms. The first-order chi connectivity index (χ1) is 6.20. The monoisotopic (exact) mass is 178 g/mol. The number of amides is 1. The molecular formula is C9H12N3O. The molecule has 1 radical (unpaired) electrons. The zero-order valence-corrected chi connectivity index (χ0v) is 7.47. The molecule has 1 aromatic rings. The minimum Gasteiger partial charge on any atom is -0.369 e. The Bertz CT molecular complexity index is 273. The lowest BCUT2D eigenvalue weighted by Crippen LogP contribution is -2.20. The Morgan fingerprint density at radius 2 is 2.54 bits per heavy atom. The molecule has 0 spiro atoms. The summed E-state index contributed by atoms with van der Waals surface area (Å²) in [6, 6.07) is 3.63. The first-order valence-corrected chi connectivity index (χ1v) is 4.10. The highest BCUT2D eigenvalue weighted by Gasteiger charge is 2.08. The van der Waals surface area contributed by atoms with Gasteiger partial charge >= 0.3 is 0 Å². The number of primary amides is 1. The van der Waals surface area contributed by atoms with Crippen LogP contribution in [0.4, 0.5) is 0 Å². The largest absolute Gasteiger partial charge is 0.369 e. The van der Waals surface area contributed by atoms with E-state index in [2.05, 4.69) is 10.2 Å². The van der Waals surface area contributed by atoms with Crippen molar-refractivity contribution in [3.05, 3.63) is 30.4 Å². The average molecular weight is 178 g/mol. The van der Waals surface area contributed by atoms with Crippen LogP contribution in [0, 0.1) is 12.3 Å². The zero-order valence-electron chi connectivity index (χ0n) is 7.47. The number of carbonyl (C=O) groups is 1. The van der Waals surface area contributed by atoms with Crippen molar-refractivity contribution >= 4 is 5.91 Å². The normalized spacial score (nSPS) is 12.4. The highest BCUT2D eigenvalue weighted by Crippen LogP contribution is 2.07. The fourth-order valence-electron chi connectivity index (χ4n) is 0.836. The van der Waals surface area contributed by atoms with Crippen LogP contribution in [-0.2, 0) is 4.79 Å². The van der Waals surface area contributed by atoms with Crippen LogP contribution in [0.3, 0.4) is 0 Å². The van der Waals surface area contributed by atoms with Crippen molar-refractivity contribution in [2.24, 2.45) is 11.7 Å². The highest BCUT2D eigenvalue weighted by molar-refractivity contribution is 5.76. The van der Waals surface area contributed by atoms with Gasteiger partial charge in [0, 0.05) is 18.5 Å². The summed E-state index contributed by atoms with van der Waals surface area (Å²) in [5.74, 6) is -0.442. The van der Waals surface area contributed by atoms with E-state index in [1.807, 2.05) is 12.5 Å². The average Bonchev–Trinajstić information content (AvgIpc) is 2.15. The second-order valence-corrected chi connectivity index (χ2v) is 2.89. The zero-order chi connectivity index (χ0) is 9.68. The van der Waals surface area contributed by atoms with E-state index >= 15 is 0 Å². The van der Waals surface area contributed by atoms with E-state index < -0.39 is 0 Å². The maximum absolute atomic E-state index is 10.7. The van der Waals surface area contributed by atoms with E-state index in [9.17, 15) is 4.79 Å². The molecule has 1 aromatic heterocycles. The Kier molecular flexibility index (Phi) is 3.37. The predicted molar refractivity (Wildman–Crippen MR) is 48.4 cm³/mol. The van der Waals surface area contributed by atoms with Gasteiger partial charge in [0.1, 0.15) is 0 Å². The van der Waals surface area contributed by atoms with E-state index in [-0.39, 0.29) is 11.8 Å². The summed E-state index contributed by atoms with van der Waals surface area (Å²) in [6.07, 6.45) is 4.06. The smallest absolute Gasteiger partial charge is 0.220 e. The van der Waals surface area contributed by atoms with Crippen molar-refractivity contribution in [1.82, 2.24) is 10.2 Å². The molecule has 13 heavy (non-hydrogen) atoms. The van der Waals surface area contributed by atoms with Crippen molar-refractivity contribution in [3.8, 4) is 0 Å². The molecule has 1 rings (SSSR count). The van der Waals surface area contributed by atoms with Crippen LogP contribution in [-0.4, -0.2) is 16.1 Å². The molecule has 1 amide bonds. The molecule has 0 saturated carbocycles. The molecule has 1 atom stereocenters. The first kappa shape index (κ1) is 9.64. The van der Waals surface area contributed by atoms with E-state index in [0.29, 0.717) is 6.42 Å². The fraction of sp³-hybridized carbons (Fsp3) is 0.333. The SMILES string of the molecule is C[C@@H](C[CH]c1cccnn1)C(N)=O. The van der Waals surface area contributed by atoms with Crippen LogP contribution in [0.1, 0.15) is 19.0 Å². The van der Waals surface area contributed by atoms with Crippen LogP contribution in [0.5, 0.6) is 0 Å². The predicted octanol–water partition coefficient (Wildman–Crippen LogP) is 0.540. The maximum atomic E-state index is 10.7. The molecule has 0 aliphatic heterocycles. The van der Waals surface area contributed by atoms with Crippen LogP contribution in [0.15, 0.2) is 18.3 Å². The lowest BCUT2D eigenvalue weighted by Gasteiger charge is -2.04. The van der Waals surface area contributed by atoms with Crippen molar-refractivity contribution in [2.45, 2.75) is 13.3 Å². The van der Waals surface area contributed by atoms with Crippen LogP contribution < -0.4 is 5.73 Å². The molecule has 0 aliphatic rings. The third-order valence-electron chi connectivity index (χ3n) is 1.76. The van der Waals surface area contributed by atoms with E-state index in [0.717, 1.165) is 5.69 Å². The second kappa shape index (κ2) is 4.54. The molecule has 1 heterocycles. The minimum atomic E-state index is -0.292. The van der Waals surface area contributed by atoms with E-state index in [1.165, 1.54) is 0 Å². The number of nitrogens with two attached hydrogens (primary N) is 1. The Labute approximate surface area is 77.2 Å². The van der Waals surface area contributed by atoms with Gasteiger partial charge in [0.05, 0.1) is 5.69 Å². The summed E-state index contributed by atoms with van der Waals surface area (Å²) >= 11 is 0. The lowest BCUT2D eigenvalue weighted by molar-refractivity contribution is -0.121. The quantitative estimate of drug-likeness (QED) is 0.731. The molecule has 0 saturated heterocycles. The third kappa shape index (κ3) is 3.19. The highest BCUT2D eigenvalue weighted by atomic mass is 16.1. The van der Waals surface area contributed by atoms with Crippen molar-refractivity contribution < 1.29 is 4.79 Å². The second-order valence-electron chi connectivity index (χ2n) is 2.89. The molecule has 0 unspecified atom stereocenters. The standard InChI is InChI=1S/C9H12N3O/c1-7(9(10)13)4-5-8-3-2-6-11-12-8/h2-3,5-7H,4H2,1H3,(H2,10,13)/t7-/m0/s1. The van der Waals surface area contributed by atoms with Crippen LogP contribution in [0.25, 0.3) is 0 Å². The molecule has 0 aliphatic carbocycles. The van der Waals surface area contributed by atoms with Gasteiger partial charge in [-0.15, -0.1) is 0 Å². The summed E-state index contributed by atoms with van der Waals surface area (Å²) in [5.41, 5.74) is 5.88. The number of rotatable bonds is 4. The van der Waals surface area contributed by atoms with Crippen LogP contribution >= 0.6 is 0 Å². The number of hydrogen-bond donors (Lipinski definition) is 1. The van der Waals surface area contributed by atoms with Gasteiger partial charge in [-0.25, -0.2) is 0 Å². The van der Waals surface area contributed by atoms with Gasteiger partial charge in [0.15, 0.2) is 0 Å². The molecule has 0 fully saturated rings. The number of carbonyl (C=O) groups excluding carboxylic acids is 1. The maximum Gasteiger partial charge on any atom is 0.220 e.